The molecule has 1 aromatic carbocycles. The first-order chi connectivity index (χ1) is 10.7. The molecule has 0 bridgehead atoms. The number of hydrogen-bond acceptors (Lipinski definition) is 3. The van der Waals surface area contributed by atoms with Gasteiger partial charge in [-0.3, -0.25) is 4.98 Å². The lowest BCUT2D eigenvalue weighted by Gasteiger charge is -2.35. The van der Waals surface area contributed by atoms with E-state index in [4.69, 9.17) is 0 Å². The summed E-state index contributed by atoms with van der Waals surface area (Å²) in [6.07, 6.45) is 6.72. The zero-order chi connectivity index (χ0) is 15.4. The van der Waals surface area contributed by atoms with E-state index in [1.54, 1.807) is 6.20 Å². The molecular formula is C19H24N2O. The van der Waals surface area contributed by atoms with Crippen molar-refractivity contribution in [1.29, 1.82) is 0 Å². The molecule has 1 aliphatic heterocycles. The lowest BCUT2D eigenvalue weighted by atomic mass is 9.90. The molecule has 1 saturated heterocycles. The van der Waals surface area contributed by atoms with Gasteiger partial charge in [-0.15, -0.1) is 0 Å². The number of benzene rings is 1. The predicted molar refractivity (Wildman–Crippen MR) is 90.0 cm³/mol. The fraction of sp³-hybridized carbons (Fsp3) is 0.421. The average molecular weight is 296 g/mol. The number of nitrogens with zero attached hydrogens (tertiary/aromatic N) is 2. The normalized spacial score (nSPS) is 17.5. The van der Waals surface area contributed by atoms with E-state index in [0.29, 0.717) is 0 Å². The maximum atomic E-state index is 9.92. The maximum absolute atomic E-state index is 9.92. The zero-order valence-corrected chi connectivity index (χ0v) is 13.2. The third kappa shape index (κ3) is 3.47. The van der Waals surface area contributed by atoms with E-state index < -0.39 is 6.10 Å². The van der Waals surface area contributed by atoms with Crippen LogP contribution in [0.2, 0.25) is 0 Å². The highest BCUT2D eigenvalue weighted by Crippen LogP contribution is 2.30. The summed E-state index contributed by atoms with van der Waals surface area (Å²) in [5, 5.41) is 9.92. The molecule has 3 rings (SSSR count). The van der Waals surface area contributed by atoms with Crippen molar-refractivity contribution in [1.82, 2.24) is 4.98 Å². The lowest BCUT2D eigenvalue weighted by Crippen LogP contribution is -2.35. The summed E-state index contributed by atoms with van der Waals surface area (Å²) in [7, 11) is 0. The molecule has 0 saturated carbocycles. The summed E-state index contributed by atoms with van der Waals surface area (Å²) in [4.78, 5) is 6.54. The number of aliphatic hydroxyl groups excluding tert-OH is 1. The van der Waals surface area contributed by atoms with Crippen LogP contribution in [-0.4, -0.2) is 23.2 Å². The van der Waals surface area contributed by atoms with Gasteiger partial charge in [0.2, 0.25) is 0 Å². The summed E-state index contributed by atoms with van der Waals surface area (Å²) in [6, 6.07) is 12.8. The Labute approximate surface area is 132 Å². The molecule has 1 atom stereocenters. The molecule has 3 heteroatoms. The second kappa shape index (κ2) is 6.93. The molecule has 1 fully saturated rings. The third-order valence-corrected chi connectivity index (χ3v) is 4.60. The van der Waals surface area contributed by atoms with Gasteiger partial charge in [0.05, 0.1) is 6.10 Å². The van der Waals surface area contributed by atoms with Crippen molar-refractivity contribution in [3.63, 3.8) is 0 Å². The predicted octanol–water partition coefficient (Wildman–Crippen LogP) is 3.59. The maximum Gasteiger partial charge on any atom is 0.0797 e. The van der Waals surface area contributed by atoms with Crippen molar-refractivity contribution >= 4 is 5.69 Å². The van der Waals surface area contributed by atoms with E-state index in [0.717, 1.165) is 30.3 Å². The Morgan fingerprint density at radius 2 is 1.91 bits per heavy atom. The summed E-state index contributed by atoms with van der Waals surface area (Å²) >= 11 is 0. The SMILES string of the molecule is C[C@@H](O)c1cnccc1N1CCC(Cc2ccccc2)CC1. The highest BCUT2D eigenvalue weighted by molar-refractivity contribution is 5.53. The van der Waals surface area contributed by atoms with Crippen LogP contribution in [0.3, 0.4) is 0 Å². The van der Waals surface area contributed by atoms with Crippen molar-refractivity contribution in [3.05, 3.63) is 59.9 Å². The Kier molecular flexibility index (Phi) is 4.74. The number of hydrogen-bond donors (Lipinski definition) is 1. The van der Waals surface area contributed by atoms with Gasteiger partial charge >= 0.3 is 0 Å². The average Bonchev–Trinajstić information content (AvgIpc) is 2.56. The standard InChI is InChI=1S/C19H24N2O/c1-15(22)18-14-20-10-7-19(18)21-11-8-17(9-12-21)13-16-5-3-2-4-6-16/h2-7,10,14-15,17,22H,8-9,11-13H2,1H3/t15-/m1/s1. The first kappa shape index (κ1) is 15.0. The number of rotatable bonds is 4. The van der Waals surface area contributed by atoms with Gasteiger partial charge in [-0.2, -0.15) is 0 Å². The lowest BCUT2D eigenvalue weighted by molar-refractivity contribution is 0.199. The van der Waals surface area contributed by atoms with Crippen LogP contribution in [0.1, 0.15) is 37.0 Å². The molecule has 1 aliphatic rings. The molecule has 0 radical (unpaired) electrons. The fourth-order valence-corrected chi connectivity index (χ4v) is 3.33. The van der Waals surface area contributed by atoms with E-state index in [-0.39, 0.29) is 0 Å². The van der Waals surface area contributed by atoms with E-state index in [2.05, 4.69) is 40.2 Å². The minimum absolute atomic E-state index is 0.467. The Bertz CT molecular complexity index is 589. The zero-order valence-electron chi connectivity index (χ0n) is 13.2. The highest BCUT2D eigenvalue weighted by Gasteiger charge is 2.22. The van der Waals surface area contributed by atoms with Crippen molar-refractivity contribution < 1.29 is 5.11 Å². The Balaban J connectivity index is 1.62. The summed E-state index contributed by atoms with van der Waals surface area (Å²) in [6.45, 7) is 3.92. The minimum atomic E-state index is -0.467. The Morgan fingerprint density at radius 3 is 2.59 bits per heavy atom. The smallest absolute Gasteiger partial charge is 0.0797 e. The van der Waals surface area contributed by atoms with Crippen molar-refractivity contribution in [2.45, 2.75) is 32.3 Å². The van der Waals surface area contributed by atoms with Gasteiger partial charge < -0.3 is 10.0 Å². The van der Waals surface area contributed by atoms with Crippen LogP contribution in [0.15, 0.2) is 48.8 Å². The largest absolute Gasteiger partial charge is 0.389 e. The summed E-state index contributed by atoms with van der Waals surface area (Å²) in [5.74, 6) is 0.760. The molecule has 0 unspecified atom stereocenters. The molecule has 0 amide bonds. The molecule has 1 aromatic heterocycles. The van der Waals surface area contributed by atoms with Crippen LogP contribution < -0.4 is 4.90 Å². The van der Waals surface area contributed by atoms with E-state index in [1.807, 2.05) is 19.2 Å². The number of aromatic nitrogens is 1. The molecule has 22 heavy (non-hydrogen) atoms. The summed E-state index contributed by atoms with van der Waals surface area (Å²) < 4.78 is 0. The molecule has 116 valence electrons. The Hall–Kier alpha value is -1.87. The molecule has 2 heterocycles. The van der Waals surface area contributed by atoms with Crippen molar-refractivity contribution in [3.8, 4) is 0 Å². The number of pyridine rings is 1. The minimum Gasteiger partial charge on any atom is -0.389 e. The molecule has 3 nitrogen and oxygen atoms in total. The second-order valence-corrected chi connectivity index (χ2v) is 6.23. The number of aliphatic hydroxyl groups is 1. The van der Waals surface area contributed by atoms with Crippen LogP contribution >= 0.6 is 0 Å². The van der Waals surface area contributed by atoms with Crippen LogP contribution in [0.4, 0.5) is 5.69 Å². The third-order valence-electron chi connectivity index (χ3n) is 4.60. The van der Waals surface area contributed by atoms with Gasteiger partial charge in [-0.1, -0.05) is 30.3 Å². The van der Waals surface area contributed by atoms with Gasteiger partial charge in [-0.05, 0) is 43.7 Å². The first-order valence-corrected chi connectivity index (χ1v) is 8.15. The molecular weight excluding hydrogens is 272 g/mol. The van der Waals surface area contributed by atoms with Crippen LogP contribution in [0, 0.1) is 5.92 Å². The van der Waals surface area contributed by atoms with E-state index in [9.17, 15) is 5.11 Å². The van der Waals surface area contributed by atoms with Crippen molar-refractivity contribution in [2.75, 3.05) is 18.0 Å². The topological polar surface area (TPSA) is 36.4 Å². The van der Waals surface area contributed by atoms with Crippen molar-refractivity contribution in [2.24, 2.45) is 5.92 Å². The Morgan fingerprint density at radius 1 is 1.18 bits per heavy atom. The molecule has 0 aliphatic carbocycles. The quantitative estimate of drug-likeness (QED) is 0.936. The van der Waals surface area contributed by atoms with Gasteiger partial charge in [-0.25, -0.2) is 0 Å². The van der Waals surface area contributed by atoms with Gasteiger partial charge in [0, 0.05) is 36.7 Å². The molecule has 2 aromatic rings. The van der Waals surface area contributed by atoms with Crippen LogP contribution in [0.25, 0.3) is 0 Å². The number of anilines is 1. The second-order valence-electron chi connectivity index (χ2n) is 6.23. The van der Waals surface area contributed by atoms with Crippen LogP contribution in [0.5, 0.6) is 0 Å². The fourth-order valence-electron chi connectivity index (χ4n) is 3.33. The summed E-state index contributed by atoms with van der Waals surface area (Å²) in [5.41, 5.74) is 3.52. The van der Waals surface area contributed by atoms with E-state index >= 15 is 0 Å². The number of piperidine rings is 1. The van der Waals surface area contributed by atoms with Crippen LogP contribution in [-0.2, 0) is 6.42 Å². The van der Waals surface area contributed by atoms with Gasteiger partial charge in [0.25, 0.3) is 0 Å². The van der Waals surface area contributed by atoms with E-state index in [1.165, 1.54) is 24.8 Å². The highest BCUT2D eigenvalue weighted by atomic mass is 16.3. The molecule has 0 spiro atoms. The molecule has 1 N–H and O–H groups in total. The first-order valence-electron chi connectivity index (χ1n) is 8.15. The monoisotopic (exact) mass is 296 g/mol. The van der Waals surface area contributed by atoms with Gasteiger partial charge in [0.15, 0.2) is 0 Å². The van der Waals surface area contributed by atoms with Gasteiger partial charge in [0.1, 0.15) is 0 Å².